The molecule has 3 nitrogen and oxygen atoms in total. The summed E-state index contributed by atoms with van der Waals surface area (Å²) in [5.41, 5.74) is 10.5. The van der Waals surface area contributed by atoms with Gasteiger partial charge in [0.15, 0.2) is 0 Å². The molecule has 0 aromatic heterocycles. The van der Waals surface area contributed by atoms with Crippen LogP contribution in [0.3, 0.4) is 0 Å². The molecule has 0 amide bonds. The van der Waals surface area contributed by atoms with E-state index in [1.165, 1.54) is 36.1 Å². The highest BCUT2D eigenvalue weighted by atomic mass is 16.5. The maximum absolute atomic E-state index is 6.05. The Bertz CT molecular complexity index is 460. The molecule has 2 N–H and O–H groups in total. The largest absolute Gasteiger partial charge is 0.383 e. The molecule has 2 aliphatic rings. The number of methoxy groups -OCH3 is 1. The van der Waals surface area contributed by atoms with E-state index in [-0.39, 0.29) is 0 Å². The summed E-state index contributed by atoms with van der Waals surface area (Å²) in [7, 11) is 1.80. The van der Waals surface area contributed by atoms with E-state index in [4.69, 9.17) is 10.5 Å². The van der Waals surface area contributed by atoms with Crippen molar-refractivity contribution in [3.63, 3.8) is 0 Å². The third-order valence-electron chi connectivity index (χ3n) is 4.78. The highest BCUT2D eigenvalue weighted by molar-refractivity contribution is 5.34. The van der Waals surface area contributed by atoms with Crippen molar-refractivity contribution >= 4 is 0 Å². The van der Waals surface area contributed by atoms with Crippen LogP contribution in [0.4, 0.5) is 0 Å². The van der Waals surface area contributed by atoms with Crippen molar-refractivity contribution in [2.75, 3.05) is 20.3 Å². The van der Waals surface area contributed by atoms with Crippen LogP contribution in [0.25, 0.3) is 0 Å². The Morgan fingerprint density at radius 1 is 1.30 bits per heavy atom. The van der Waals surface area contributed by atoms with Gasteiger partial charge in [0, 0.05) is 25.7 Å². The zero-order valence-electron chi connectivity index (χ0n) is 12.5. The molecule has 1 fully saturated rings. The molecule has 1 aliphatic heterocycles. The summed E-state index contributed by atoms with van der Waals surface area (Å²) < 4.78 is 5.34. The molecule has 0 radical (unpaired) electrons. The van der Waals surface area contributed by atoms with E-state index >= 15 is 0 Å². The van der Waals surface area contributed by atoms with Crippen molar-refractivity contribution in [1.29, 1.82) is 0 Å². The number of rotatable bonds is 4. The fraction of sp³-hybridized carbons (Fsp3) is 0.647. The molecule has 2 atom stereocenters. The Kier molecular flexibility index (Phi) is 4.39. The Morgan fingerprint density at radius 2 is 2.20 bits per heavy atom. The lowest BCUT2D eigenvalue weighted by Crippen LogP contribution is -2.32. The SMILES string of the molecule is COCC1CCCN1Cc1ccc2c(c1)CCC(N)C2. The van der Waals surface area contributed by atoms with Gasteiger partial charge in [-0.05, 0) is 55.3 Å². The quantitative estimate of drug-likeness (QED) is 0.914. The van der Waals surface area contributed by atoms with Gasteiger partial charge in [-0.2, -0.15) is 0 Å². The van der Waals surface area contributed by atoms with Crippen LogP contribution in [-0.4, -0.2) is 37.2 Å². The molecule has 0 saturated carbocycles. The van der Waals surface area contributed by atoms with Crippen LogP contribution >= 0.6 is 0 Å². The molecule has 1 aromatic carbocycles. The van der Waals surface area contributed by atoms with Gasteiger partial charge < -0.3 is 10.5 Å². The lowest BCUT2D eigenvalue weighted by atomic mass is 9.87. The summed E-state index contributed by atoms with van der Waals surface area (Å²) in [4.78, 5) is 2.57. The topological polar surface area (TPSA) is 38.5 Å². The summed E-state index contributed by atoms with van der Waals surface area (Å²) in [5.74, 6) is 0. The van der Waals surface area contributed by atoms with Crippen LogP contribution in [0, 0.1) is 0 Å². The molecule has 1 aromatic rings. The lowest BCUT2D eigenvalue weighted by Gasteiger charge is -2.26. The van der Waals surface area contributed by atoms with Gasteiger partial charge in [0.25, 0.3) is 0 Å². The molecule has 3 rings (SSSR count). The second-order valence-corrected chi connectivity index (χ2v) is 6.33. The summed E-state index contributed by atoms with van der Waals surface area (Å²) >= 11 is 0. The molecule has 0 spiro atoms. The van der Waals surface area contributed by atoms with Crippen LogP contribution in [0.1, 0.15) is 36.0 Å². The number of ether oxygens (including phenoxy) is 1. The Hall–Kier alpha value is -0.900. The summed E-state index contributed by atoms with van der Waals surface area (Å²) in [6.45, 7) is 3.13. The first-order valence-electron chi connectivity index (χ1n) is 7.85. The van der Waals surface area contributed by atoms with Crippen molar-refractivity contribution in [2.45, 2.75) is 50.7 Å². The predicted molar refractivity (Wildman–Crippen MR) is 81.8 cm³/mol. The number of benzene rings is 1. The minimum absolute atomic E-state index is 0.359. The fourth-order valence-corrected chi connectivity index (χ4v) is 3.65. The third-order valence-corrected chi connectivity index (χ3v) is 4.78. The molecule has 0 bridgehead atoms. The van der Waals surface area contributed by atoms with E-state index in [1.807, 2.05) is 0 Å². The zero-order chi connectivity index (χ0) is 13.9. The summed E-state index contributed by atoms with van der Waals surface area (Å²) in [6, 6.07) is 7.95. The second-order valence-electron chi connectivity index (χ2n) is 6.33. The van der Waals surface area contributed by atoms with Gasteiger partial charge in [-0.1, -0.05) is 18.2 Å². The first-order chi connectivity index (χ1) is 9.76. The first kappa shape index (κ1) is 14.1. The molecular formula is C17H26N2O. The van der Waals surface area contributed by atoms with Crippen LogP contribution in [0.5, 0.6) is 0 Å². The summed E-state index contributed by atoms with van der Waals surface area (Å²) in [5, 5.41) is 0. The first-order valence-corrected chi connectivity index (χ1v) is 7.85. The monoisotopic (exact) mass is 274 g/mol. The van der Waals surface area contributed by atoms with E-state index in [0.29, 0.717) is 12.1 Å². The molecule has 1 aliphatic carbocycles. The number of likely N-dealkylation sites (tertiary alicyclic amines) is 1. The van der Waals surface area contributed by atoms with Gasteiger partial charge in [0.1, 0.15) is 0 Å². The number of aryl methyl sites for hydroxylation is 1. The maximum Gasteiger partial charge on any atom is 0.0618 e. The van der Waals surface area contributed by atoms with Gasteiger partial charge in [-0.3, -0.25) is 4.90 Å². The van der Waals surface area contributed by atoms with E-state index in [9.17, 15) is 0 Å². The second kappa shape index (κ2) is 6.25. The van der Waals surface area contributed by atoms with Crippen molar-refractivity contribution in [2.24, 2.45) is 5.73 Å². The average Bonchev–Trinajstić information content (AvgIpc) is 2.87. The molecule has 20 heavy (non-hydrogen) atoms. The molecular weight excluding hydrogens is 248 g/mol. The van der Waals surface area contributed by atoms with Crippen molar-refractivity contribution < 1.29 is 4.74 Å². The van der Waals surface area contributed by atoms with E-state index < -0.39 is 0 Å². The van der Waals surface area contributed by atoms with Crippen molar-refractivity contribution in [3.8, 4) is 0 Å². The van der Waals surface area contributed by atoms with Crippen molar-refractivity contribution in [3.05, 3.63) is 34.9 Å². The zero-order valence-corrected chi connectivity index (χ0v) is 12.5. The molecule has 1 heterocycles. The number of nitrogens with zero attached hydrogens (tertiary/aromatic N) is 1. The van der Waals surface area contributed by atoms with Gasteiger partial charge in [-0.15, -0.1) is 0 Å². The normalized spacial score (nSPS) is 26.7. The van der Waals surface area contributed by atoms with Crippen LogP contribution in [0.15, 0.2) is 18.2 Å². The molecule has 110 valence electrons. The highest BCUT2D eigenvalue weighted by Gasteiger charge is 2.24. The van der Waals surface area contributed by atoms with Gasteiger partial charge in [-0.25, -0.2) is 0 Å². The average molecular weight is 274 g/mol. The standard InChI is InChI=1S/C17H26N2O/c1-20-12-17-3-2-8-19(17)11-13-4-5-15-10-16(18)7-6-14(15)9-13/h4-5,9,16-17H,2-3,6-8,10-12,18H2,1H3. The number of nitrogens with two attached hydrogens (primary N) is 1. The van der Waals surface area contributed by atoms with E-state index in [0.717, 1.165) is 32.4 Å². The summed E-state index contributed by atoms with van der Waals surface area (Å²) in [6.07, 6.45) is 5.89. The van der Waals surface area contributed by atoms with Gasteiger partial charge in [0.2, 0.25) is 0 Å². The minimum atomic E-state index is 0.359. The number of fused-ring (bicyclic) bond motifs is 1. The van der Waals surface area contributed by atoms with Crippen LogP contribution in [0.2, 0.25) is 0 Å². The number of hydrogen-bond donors (Lipinski definition) is 1. The Labute approximate surface area is 122 Å². The fourth-order valence-electron chi connectivity index (χ4n) is 3.65. The third kappa shape index (κ3) is 3.05. The molecule has 3 heteroatoms. The lowest BCUT2D eigenvalue weighted by molar-refractivity contribution is 0.112. The van der Waals surface area contributed by atoms with E-state index in [1.54, 1.807) is 7.11 Å². The van der Waals surface area contributed by atoms with Crippen LogP contribution in [-0.2, 0) is 24.1 Å². The number of hydrogen-bond acceptors (Lipinski definition) is 3. The van der Waals surface area contributed by atoms with Crippen molar-refractivity contribution in [1.82, 2.24) is 4.90 Å². The van der Waals surface area contributed by atoms with Gasteiger partial charge in [0.05, 0.1) is 6.61 Å². The predicted octanol–water partition coefficient (Wildman–Crippen LogP) is 2.11. The Morgan fingerprint density at radius 3 is 3.05 bits per heavy atom. The van der Waals surface area contributed by atoms with E-state index in [2.05, 4.69) is 23.1 Å². The maximum atomic E-state index is 6.05. The van der Waals surface area contributed by atoms with Gasteiger partial charge >= 0.3 is 0 Å². The smallest absolute Gasteiger partial charge is 0.0618 e. The Balaban J connectivity index is 1.69. The molecule has 2 unspecified atom stereocenters. The van der Waals surface area contributed by atoms with Crippen LogP contribution < -0.4 is 5.73 Å². The highest BCUT2D eigenvalue weighted by Crippen LogP contribution is 2.25. The molecule has 1 saturated heterocycles. The minimum Gasteiger partial charge on any atom is -0.383 e.